The summed E-state index contributed by atoms with van der Waals surface area (Å²) in [4.78, 5) is 11.5. The summed E-state index contributed by atoms with van der Waals surface area (Å²) < 4.78 is 9.95. The molecule has 0 aromatic heterocycles. The van der Waals surface area contributed by atoms with E-state index in [0.29, 0.717) is 12.2 Å². The highest BCUT2D eigenvalue weighted by molar-refractivity contribution is 5.97. The Balaban J connectivity index is 2.43. The van der Waals surface area contributed by atoms with Crippen LogP contribution in [-0.2, 0) is 4.74 Å². The van der Waals surface area contributed by atoms with Crippen LogP contribution in [0.2, 0.25) is 0 Å². The zero-order valence-corrected chi connectivity index (χ0v) is 7.82. The van der Waals surface area contributed by atoms with E-state index in [4.69, 9.17) is 9.15 Å². The number of hydrogen-bond donors (Lipinski definition) is 0. The molecule has 2 aliphatic rings. The Morgan fingerprint density at radius 3 is 3.07 bits per heavy atom. The molecule has 0 saturated heterocycles. The van der Waals surface area contributed by atoms with E-state index in [2.05, 4.69) is 0 Å². The second-order valence-corrected chi connectivity index (χ2v) is 2.90. The molecule has 1 aliphatic carbocycles. The normalized spacial score (nSPS) is 10.4. The highest BCUT2D eigenvalue weighted by atomic mass is 16.5. The molecule has 0 atom stereocenters. The quantitative estimate of drug-likeness (QED) is 0.683. The van der Waals surface area contributed by atoms with Crippen molar-refractivity contribution in [3.8, 4) is 11.1 Å². The molecule has 0 amide bonds. The Morgan fingerprint density at radius 1 is 1.43 bits per heavy atom. The summed E-state index contributed by atoms with van der Waals surface area (Å²) in [7, 11) is 0. The zero-order chi connectivity index (χ0) is 9.97. The van der Waals surface area contributed by atoms with Gasteiger partial charge in [0.15, 0.2) is 0 Å². The maximum absolute atomic E-state index is 11.5. The smallest absolute Gasteiger partial charge is 0.341 e. The van der Waals surface area contributed by atoms with Gasteiger partial charge < -0.3 is 9.15 Å². The van der Waals surface area contributed by atoms with E-state index in [1.54, 1.807) is 13.2 Å². The first kappa shape index (κ1) is 8.81. The van der Waals surface area contributed by atoms with Gasteiger partial charge in [-0.25, -0.2) is 4.79 Å². The highest BCUT2D eigenvalue weighted by Gasteiger charge is 2.16. The Bertz CT molecular complexity index is 417. The van der Waals surface area contributed by atoms with Gasteiger partial charge in [0.1, 0.15) is 11.8 Å². The van der Waals surface area contributed by atoms with Crippen LogP contribution in [0.1, 0.15) is 17.3 Å². The summed E-state index contributed by atoms with van der Waals surface area (Å²) >= 11 is 0. The van der Waals surface area contributed by atoms with Gasteiger partial charge in [-0.3, -0.25) is 0 Å². The van der Waals surface area contributed by atoms with Crippen LogP contribution in [0.3, 0.4) is 0 Å². The summed E-state index contributed by atoms with van der Waals surface area (Å²) in [5.74, 6) is -0.340. The molecule has 0 radical (unpaired) electrons. The highest BCUT2D eigenvalue weighted by Crippen LogP contribution is 2.27. The van der Waals surface area contributed by atoms with Crippen molar-refractivity contribution in [2.75, 3.05) is 6.61 Å². The lowest BCUT2D eigenvalue weighted by atomic mass is 10.1. The van der Waals surface area contributed by atoms with Crippen LogP contribution in [0.25, 0.3) is 11.1 Å². The Hall–Kier alpha value is -1.77. The van der Waals surface area contributed by atoms with Gasteiger partial charge in [-0.15, -0.1) is 0 Å². The monoisotopic (exact) mass is 190 g/mol. The fourth-order valence-electron chi connectivity index (χ4n) is 1.39. The molecule has 72 valence electrons. The largest absolute Gasteiger partial charge is 0.471 e. The van der Waals surface area contributed by atoms with Gasteiger partial charge in [0.05, 0.1) is 12.9 Å². The molecule has 1 aliphatic heterocycles. The first-order valence-corrected chi connectivity index (χ1v) is 4.45. The third-order valence-corrected chi connectivity index (χ3v) is 2.02. The van der Waals surface area contributed by atoms with Crippen molar-refractivity contribution in [2.45, 2.75) is 6.92 Å². The second-order valence-electron chi connectivity index (χ2n) is 2.90. The van der Waals surface area contributed by atoms with Crippen molar-refractivity contribution in [3.63, 3.8) is 0 Å². The lowest BCUT2D eigenvalue weighted by Crippen LogP contribution is -2.05. The second kappa shape index (κ2) is 3.54. The van der Waals surface area contributed by atoms with Gasteiger partial charge in [-0.1, -0.05) is 18.2 Å². The third kappa shape index (κ3) is 1.37. The van der Waals surface area contributed by atoms with Crippen LogP contribution in [-0.4, -0.2) is 12.6 Å². The predicted molar refractivity (Wildman–Crippen MR) is 51.3 cm³/mol. The molecule has 0 spiro atoms. The summed E-state index contributed by atoms with van der Waals surface area (Å²) in [6.07, 6.45) is 3.03. The molecule has 3 nitrogen and oxygen atoms in total. The van der Waals surface area contributed by atoms with E-state index in [0.717, 1.165) is 11.1 Å². The lowest BCUT2D eigenvalue weighted by Gasteiger charge is -2.05. The maximum atomic E-state index is 11.5. The third-order valence-electron chi connectivity index (χ3n) is 2.02. The minimum atomic E-state index is -0.340. The zero-order valence-electron chi connectivity index (χ0n) is 7.82. The van der Waals surface area contributed by atoms with Crippen LogP contribution < -0.4 is 0 Å². The molecule has 0 unspecified atom stereocenters. The Kier molecular flexibility index (Phi) is 2.23. The van der Waals surface area contributed by atoms with Gasteiger partial charge in [0, 0.05) is 11.1 Å². The van der Waals surface area contributed by atoms with Crippen molar-refractivity contribution in [3.05, 3.63) is 36.3 Å². The fraction of sp³-hybridized carbons (Fsp3) is 0.182. The summed E-state index contributed by atoms with van der Waals surface area (Å²) in [6.45, 7) is 2.15. The first-order chi connectivity index (χ1) is 6.83. The molecule has 0 fully saturated rings. The number of esters is 1. The van der Waals surface area contributed by atoms with Crippen molar-refractivity contribution in [1.82, 2.24) is 0 Å². The van der Waals surface area contributed by atoms with E-state index in [1.807, 2.05) is 18.2 Å². The van der Waals surface area contributed by atoms with Gasteiger partial charge in [0.2, 0.25) is 0 Å². The molecule has 0 saturated carbocycles. The van der Waals surface area contributed by atoms with E-state index >= 15 is 0 Å². The van der Waals surface area contributed by atoms with Crippen molar-refractivity contribution in [2.24, 2.45) is 0 Å². The minimum absolute atomic E-state index is 0.340. The molecule has 3 heteroatoms. The van der Waals surface area contributed by atoms with Gasteiger partial charge >= 0.3 is 5.97 Å². The van der Waals surface area contributed by atoms with Crippen LogP contribution in [0.4, 0.5) is 0 Å². The number of rotatable bonds is 2. The van der Waals surface area contributed by atoms with Gasteiger partial charge in [-0.05, 0) is 6.92 Å². The number of fused-ring (bicyclic) bond motifs is 1. The molecule has 0 bridgehead atoms. The van der Waals surface area contributed by atoms with Gasteiger partial charge in [-0.2, -0.15) is 0 Å². The van der Waals surface area contributed by atoms with E-state index in [-0.39, 0.29) is 5.97 Å². The molecular weight excluding hydrogens is 180 g/mol. The fourth-order valence-corrected chi connectivity index (χ4v) is 1.39. The molecule has 1 heterocycles. The molecular formula is C11H10O3. The van der Waals surface area contributed by atoms with E-state index in [1.165, 1.54) is 6.26 Å². The topological polar surface area (TPSA) is 39.4 Å². The molecule has 2 rings (SSSR count). The Labute approximate surface area is 81.6 Å². The SMILES string of the molecule is CCOC(=O)c1cocc2cccc1-2. The van der Waals surface area contributed by atoms with Crippen LogP contribution in [0.5, 0.6) is 0 Å². The Morgan fingerprint density at radius 2 is 2.29 bits per heavy atom. The van der Waals surface area contributed by atoms with E-state index in [9.17, 15) is 4.79 Å². The van der Waals surface area contributed by atoms with Crippen LogP contribution in [0, 0.1) is 0 Å². The summed E-state index contributed by atoms with van der Waals surface area (Å²) in [6, 6.07) is 5.64. The summed E-state index contributed by atoms with van der Waals surface area (Å²) in [5, 5.41) is 0. The van der Waals surface area contributed by atoms with Gasteiger partial charge in [0.25, 0.3) is 0 Å². The number of carbonyl (C=O) groups excluding carboxylic acids is 1. The average Bonchev–Trinajstić information content (AvgIpc) is 2.65. The first-order valence-electron chi connectivity index (χ1n) is 4.45. The standard InChI is InChI=1S/C11H10O3/c1-2-14-11(12)10-7-13-6-8-4-3-5-9(8)10/h3-7H,2H2,1H3. The van der Waals surface area contributed by atoms with Crippen molar-refractivity contribution in [1.29, 1.82) is 0 Å². The lowest BCUT2D eigenvalue weighted by molar-refractivity contribution is 0.0524. The molecule has 0 aromatic rings. The average molecular weight is 190 g/mol. The van der Waals surface area contributed by atoms with Crippen molar-refractivity contribution < 1.29 is 13.9 Å². The number of carbonyl (C=O) groups is 1. The summed E-state index contributed by atoms with van der Waals surface area (Å²) in [5.41, 5.74) is 2.26. The predicted octanol–water partition coefficient (Wildman–Crippen LogP) is 2.56. The minimum Gasteiger partial charge on any atom is -0.471 e. The van der Waals surface area contributed by atoms with Crippen molar-refractivity contribution >= 4 is 5.97 Å². The van der Waals surface area contributed by atoms with Crippen LogP contribution >= 0.6 is 0 Å². The molecule has 0 aromatic carbocycles. The number of ether oxygens (including phenoxy) is 1. The van der Waals surface area contributed by atoms with E-state index < -0.39 is 0 Å². The number of hydrogen-bond acceptors (Lipinski definition) is 3. The molecule has 14 heavy (non-hydrogen) atoms. The van der Waals surface area contributed by atoms with Crippen LogP contribution in [0.15, 0.2) is 35.1 Å². The molecule has 0 N–H and O–H groups in total. The maximum Gasteiger partial charge on any atom is 0.341 e.